The van der Waals surface area contributed by atoms with Crippen LogP contribution in [0.5, 0.6) is 0 Å². The highest BCUT2D eigenvalue weighted by atomic mass is 14.9. The molecule has 1 heteroatoms. The lowest BCUT2D eigenvalue weighted by Crippen LogP contribution is -1.97. The number of rotatable bonds is 14. The van der Waals surface area contributed by atoms with Gasteiger partial charge in [0, 0.05) is 18.9 Å². The number of aromatic nitrogens is 1. The van der Waals surface area contributed by atoms with Gasteiger partial charge < -0.3 is 4.57 Å². The molecule has 0 saturated carbocycles. The maximum atomic E-state index is 4.42. The first-order valence-corrected chi connectivity index (χ1v) is 22.8. The fraction of sp³-hybridized carbons (Fsp3) is 0.226. The number of fused-ring (bicyclic) bond motifs is 2. The zero-order valence-corrected chi connectivity index (χ0v) is 39.9. The lowest BCUT2D eigenvalue weighted by atomic mass is 9.83. The molecule has 63 heavy (non-hydrogen) atoms. The van der Waals surface area contributed by atoms with Crippen LogP contribution in [-0.2, 0) is 7.05 Å². The Hall–Kier alpha value is -6.44. The molecule has 1 nitrogen and oxygen atoms in total. The van der Waals surface area contributed by atoms with Crippen molar-refractivity contribution in [1.29, 1.82) is 0 Å². The first-order valence-electron chi connectivity index (χ1n) is 22.8. The van der Waals surface area contributed by atoms with E-state index in [1.165, 1.54) is 84.6 Å². The molecule has 1 atom stereocenters. The summed E-state index contributed by atoms with van der Waals surface area (Å²) in [6.07, 6.45) is 25.0. The number of benzene rings is 5. The summed E-state index contributed by atoms with van der Waals surface area (Å²) < 4.78 is 2.16. The molecule has 0 spiro atoms. The van der Waals surface area contributed by atoms with Gasteiger partial charge in [-0.25, -0.2) is 0 Å². The third-order valence-corrected chi connectivity index (χ3v) is 10.7. The third kappa shape index (κ3) is 13.3. The third-order valence-electron chi connectivity index (χ3n) is 10.7. The van der Waals surface area contributed by atoms with Gasteiger partial charge in [-0.1, -0.05) is 226 Å². The van der Waals surface area contributed by atoms with Crippen LogP contribution in [0, 0.1) is 5.92 Å². The van der Waals surface area contributed by atoms with Crippen LogP contribution in [0.2, 0.25) is 0 Å². The molecule has 0 aliphatic rings. The van der Waals surface area contributed by atoms with Crippen molar-refractivity contribution in [2.75, 3.05) is 0 Å². The molecule has 0 aliphatic heterocycles. The Kier molecular flexibility index (Phi) is 19.4. The minimum atomic E-state index is 0.354. The molecule has 0 bridgehead atoms. The van der Waals surface area contributed by atoms with Crippen molar-refractivity contribution >= 4 is 38.3 Å². The second-order valence-electron chi connectivity index (χ2n) is 16.6. The van der Waals surface area contributed by atoms with Gasteiger partial charge in [0.2, 0.25) is 0 Å². The summed E-state index contributed by atoms with van der Waals surface area (Å²) >= 11 is 0. The predicted molar refractivity (Wildman–Crippen MR) is 285 cm³/mol. The van der Waals surface area contributed by atoms with E-state index in [2.05, 4.69) is 246 Å². The van der Waals surface area contributed by atoms with E-state index in [4.69, 9.17) is 0 Å². The van der Waals surface area contributed by atoms with Crippen molar-refractivity contribution in [3.05, 3.63) is 223 Å². The summed E-state index contributed by atoms with van der Waals surface area (Å²) in [7, 11) is 2.09. The van der Waals surface area contributed by atoms with Gasteiger partial charge in [-0.2, -0.15) is 0 Å². The highest BCUT2D eigenvalue weighted by Gasteiger charge is 2.19. The molecule has 0 amide bonds. The molecular formula is C62H71N. The average Bonchev–Trinajstić information content (AvgIpc) is 3.73. The van der Waals surface area contributed by atoms with Crippen molar-refractivity contribution in [2.45, 2.75) is 81.6 Å². The van der Waals surface area contributed by atoms with Crippen molar-refractivity contribution < 1.29 is 0 Å². The second-order valence-corrected chi connectivity index (χ2v) is 16.6. The minimum Gasteiger partial charge on any atom is -0.351 e. The average molecular weight is 830 g/mol. The molecule has 5 aromatic carbocycles. The highest BCUT2D eigenvalue weighted by molar-refractivity contribution is 6.18. The Labute approximate surface area is 381 Å². The molecule has 6 rings (SSSR count). The molecular weight excluding hydrogens is 759 g/mol. The minimum absolute atomic E-state index is 0.354. The van der Waals surface area contributed by atoms with Crippen LogP contribution in [-0.4, -0.2) is 4.57 Å². The summed E-state index contributed by atoms with van der Waals surface area (Å²) in [6, 6.07) is 39.5. The van der Waals surface area contributed by atoms with Gasteiger partial charge >= 0.3 is 0 Å². The molecule has 0 aliphatic carbocycles. The van der Waals surface area contributed by atoms with Crippen LogP contribution >= 0.6 is 0 Å². The van der Waals surface area contributed by atoms with E-state index in [0.717, 1.165) is 28.7 Å². The van der Waals surface area contributed by atoms with Gasteiger partial charge in [-0.05, 0) is 134 Å². The van der Waals surface area contributed by atoms with Gasteiger partial charge in [0.05, 0.1) is 0 Å². The van der Waals surface area contributed by atoms with E-state index in [0.29, 0.717) is 5.92 Å². The molecule has 0 saturated heterocycles. The Morgan fingerprint density at radius 1 is 0.571 bits per heavy atom. The second kappa shape index (κ2) is 24.9. The highest BCUT2D eigenvalue weighted by Crippen LogP contribution is 2.43. The molecule has 0 N–H and O–H groups in total. The summed E-state index contributed by atoms with van der Waals surface area (Å²) in [4.78, 5) is 0. The Morgan fingerprint density at radius 2 is 1.13 bits per heavy atom. The first-order chi connectivity index (χ1) is 30.4. The molecule has 1 aromatic heterocycles. The fourth-order valence-corrected chi connectivity index (χ4v) is 7.32. The Balaban J connectivity index is 0.00000137. The summed E-state index contributed by atoms with van der Waals surface area (Å²) in [6.45, 7) is 32.5. The molecule has 0 radical (unpaired) electrons. The van der Waals surface area contributed by atoms with E-state index >= 15 is 0 Å². The zero-order chi connectivity index (χ0) is 45.9. The number of allylic oxidation sites excluding steroid dienone is 15. The van der Waals surface area contributed by atoms with Crippen molar-refractivity contribution in [1.82, 2.24) is 4.57 Å². The predicted octanol–water partition coefficient (Wildman–Crippen LogP) is 18.8. The number of aryl methyl sites for hydroxylation is 1. The van der Waals surface area contributed by atoms with E-state index < -0.39 is 0 Å². The van der Waals surface area contributed by atoms with Crippen molar-refractivity contribution in [2.24, 2.45) is 13.0 Å². The van der Waals surface area contributed by atoms with Crippen LogP contribution in [0.4, 0.5) is 0 Å². The SMILES string of the molecule is C=C/C(=C\C=C(/C)c1cccn1C)c1c2ccccc2c(C(/C=C\C(=C)C(=C)/C=C\C=C(C)C)=C/C(C)CC)c2cc(-c3cccc(-c4ccccc4)c3)ccc12.CCC.CCC. The van der Waals surface area contributed by atoms with Crippen molar-refractivity contribution in [3.8, 4) is 22.3 Å². The van der Waals surface area contributed by atoms with Gasteiger partial charge in [-0.3, -0.25) is 0 Å². The van der Waals surface area contributed by atoms with Crippen molar-refractivity contribution in [3.63, 3.8) is 0 Å². The van der Waals surface area contributed by atoms with Crippen LogP contribution in [0.3, 0.4) is 0 Å². The first kappa shape index (κ1) is 49.2. The number of hydrogen-bond acceptors (Lipinski definition) is 0. The van der Waals surface area contributed by atoms with Gasteiger partial charge in [0.25, 0.3) is 0 Å². The normalized spacial score (nSPS) is 12.4. The van der Waals surface area contributed by atoms with Crippen LogP contribution in [0.1, 0.15) is 98.4 Å². The Bertz CT molecular complexity index is 2670. The summed E-state index contributed by atoms with van der Waals surface area (Å²) in [5.41, 5.74) is 14.7. The molecule has 324 valence electrons. The van der Waals surface area contributed by atoms with E-state index in [9.17, 15) is 0 Å². The maximum Gasteiger partial charge on any atom is 0.0433 e. The van der Waals surface area contributed by atoms with Crippen LogP contribution in [0.25, 0.3) is 60.5 Å². The van der Waals surface area contributed by atoms with Gasteiger partial charge in [-0.15, -0.1) is 0 Å². The van der Waals surface area contributed by atoms with Crippen LogP contribution in [0.15, 0.2) is 207 Å². The van der Waals surface area contributed by atoms with E-state index in [-0.39, 0.29) is 0 Å². The molecule has 1 unspecified atom stereocenters. The Morgan fingerprint density at radius 3 is 1.71 bits per heavy atom. The zero-order valence-electron chi connectivity index (χ0n) is 39.9. The standard InChI is InChI=1S/C56H55N.2C3H8/c1-10-40(5)36-49(32-29-42(7)41(6)21-17-20-39(3)4)56-51-27-16-15-26-50(51)55(44(11-2)31-30-43(8)54-28-19-35-57(54)9)52-34-33-48(38-53(52)56)47-25-18-24-46(37-47)45-22-13-12-14-23-45;2*1-3-2/h11-38,40H,2,6-7,10H2,1,3-5,8-9H3;2*3H2,1-2H3/b21-17-,32-29-,43-30+,44-31+,49-36+;;. The number of hydrogen-bond donors (Lipinski definition) is 0. The maximum absolute atomic E-state index is 4.42. The lowest BCUT2D eigenvalue weighted by Gasteiger charge is -2.20. The summed E-state index contributed by atoms with van der Waals surface area (Å²) in [5.74, 6) is 0.354. The summed E-state index contributed by atoms with van der Waals surface area (Å²) in [5, 5.41) is 4.75. The van der Waals surface area contributed by atoms with Gasteiger partial charge in [0.1, 0.15) is 0 Å². The van der Waals surface area contributed by atoms with Crippen LogP contribution < -0.4 is 0 Å². The lowest BCUT2D eigenvalue weighted by molar-refractivity contribution is 0.700. The van der Waals surface area contributed by atoms with E-state index in [1.807, 2.05) is 18.2 Å². The smallest absolute Gasteiger partial charge is 0.0433 e. The fourth-order valence-electron chi connectivity index (χ4n) is 7.32. The molecule has 6 aromatic rings. The molecule has 0 fully saturated rings. The monoisotopic (exact) mass is 830 g/mol. The largest absolute Gasteiger partial charge is 0.351 e. The molecule has 1 heterocycles. The topological polar surface area (TPSA) is 4.93 Å². The van der Waals surface area contributed by atoms with E-state index in [1.54, 1.807) is 0 Å². The number of nitrogens with zero attached hydrogens (tertiary/aromatic N) is 1. The quantitative estimate of drug-likeness (QED) is 0.0761. The van der Waals surface area contributed by atoms with Gasteiger partial charge in [0.15, 0.2) is 0 Å².